The minimum absolute atomic E-state index is 0.194. The molecular weight excluding hydrogens is 172 g/mol. The lowest BCUT2D eigenvalue weighted by Gasteiger charge is -2.07. The van der Waals surface area contributed by atoms with Crippen molar-refractivity contribution >= 4 is 8.80 Å². The maximum Gasteiger partial charge on any atom is 0.492 e. The molecule has 0 fully saturated rings. The number of hydrogen-bond acceptors (Lipinski definition) is 3. The van der Waals surface area contributed by atoms with E-state index in [1.54, 1.807) is 0 Å². The molecule has 0 atom stereocenters. The number of rotatable bonds is 7. The van der Waals surface area contributed by atoms with Crippen molar-refractivity contribution in [3.63, 3.8) is 0 Å². The molecule has 74 valence electrons. The van der Waals surface area contributed by atoms with Gasteiger partial charge in [0.25, 0.3) is 0 Å². The SMILES string of the molecule is CCCCCCCC[Si](O)(O)O. The summed E-state index contributed by atoms with van der Waals surface area (Å²) in [6.07, 6.45) is 6.56. The van der Waals surface area contributed by atoms with E-state index in [1.807, 2.05) is 0 Å². The van der Waals surface area contributed by atoms with Gasteiger partial charge in [-0.25, -0.2) is 0 Å². The largest absolute Gasteiger partial charge is 0.492 e. The molecule has 3 nitrogen and oxygen atoms in total. The van der Waals surface area contributed by atoms with Crippen LogP contribution in [0.4, 0.5) is 0 Å². The Labute approximate surface area is 75.4 Å². The molecule has 0 aliphatic carbocycles. The van der Waals surface area contributed by atoms with E-state index < -0.39 is 8.80 Å². The Morgan fingerprint density at radius 1 is 0.833 bits per heavy atom. The van der Waals surface area contributed by atoms with Gasteiger partial charge < -0.3 is 14.4 Å². The van der Waals surface area contributed by atoms with Crippen molar-refractivity contribution in [2.24, 2.45) is 0 Å². The van der Waals surface area contributed by atoms with Gasteiger partial charge in [-0.3, -0.25) is 0 Å². The van der Waals surface area contributed by atoms with Gasteiger partial charge in [0.15, 0.2) is 0 Å². The second-order valence-electron chi connectivity index (χ2n) is 3.29. The normalized spacial score (nSPS) is 12.0. The van der Waals surface area contributed by atoms with E-state index in [4.69, 9.17) is 14.4 Å². The average Bonchev–Trinajstić information content (AvgIpc) is 1.94. The van der Waals surface area contributed by atoms with Crippen LogP contribution in [0.15, 0.2) is 0 Å². The molecule has 0 aromatic heterocycles. The highest BCUT2D eigenvalue weighted by Gasteiger charge is 2.25. The van der Waals surface area contributed by atoms with Gasteiger partial charge in [-0.1, -0.05) is 39.0 Å². The smallest absolute Gasteiger partial charge is 0.390 e. The first-order valence-electron chi connectivity index (χ1n) is 4.73. The van der Waals surface area contributed by atoms with E-state index in [0.29, 0.717) is 0 Å². The van der Waals surface area contributed by atoms with Gasteiger partial charge in [-0.2, -0.15) is 0 Å². The van der Waals surface area contributed by atoms with Gasteiger partial charge in [0, 0.05) is 6.04 Å². The fraction of sp³-hybridized carbons (Fsp3) is 1.00. The zero-order valence-corrected chi connectivity index (χ0v) is 8.79. The molecule has 3 N–H and O–H groups in total. The van der Waals surface area contributed by atoms with Crippen LogP contribution in [-0.2, 0) is 0 Å². The van der Waals surface area contributed by atoms with Crippen LogP contribution in [0.2, 0.25) is 6.04 Å². The van der Waals surface area contributed by atoms with Crippen molar-refractivity contribution in [3.05, 3.63) is 0 Å². The molecule has 0 saturated heterocycles. The lowest BCUT2D eigenvalue weighted by Crippen LogP contribution is -2.33. The molecule has 0 bridgehead atoms. The fourth-order valence-corrected chi connectivity index (χ4v) is 1.87. The molecule has 0 radical (unpaired) electrons. The Hall–Kier alpha value is 0.0969. The van der Waals surface area contributed by atoms with Crippen LogP contribution in [0.5, 0.6) is 0 Å². The summed E-state index contributed by atoms with van der Waals surface area (Å²) in [6.45, 7) is 2.16. The van der Waals surface area contributed by atoms with Crippen LogP contribution in [0.1, 0.15) is 45.4 Å². The fourth-order valence-electron chi connectivity index (χ4n) is 1.14. The van der Waals surface area contributed by atoms with E-state index in [-0.39, 0.29) is 6.04 Å². The van der Waals surface area contributed by atoms with E-state index in [1.165, 1.54) is 19.3 Å². The van der Waals surface area contributed by atoms with Gasteiger partial charge in [0.05, 0.1) is 0 Å². The summed E-state index contributed by atoms with van der Waals surface area (Å²) in [5.41, 5.74) is 0. The minimum atomic E-state index is -3.73. The highest BCUT2D eigenvalue weighted by Crippen LogP contribution is 2.10. The van der Waals surface area contributed by atoms with Crippen LogP contribution >= 0.6 is 0 Å². The molecule has 0 rings (SSSR count). The van der Waals surface area contributed by atoms with Crippen LogP contribution in [-0.4, -0.2) is 23.2 Å². The summed E-state index contributed by atoms with van der Waals surface area (Å²) in [5, 5.41) is 0. The second kappa shape index (κ2) is 6.60. The third kappa shape index (κ3) is 10.1. The average molecular weight is 192 g/mol. The summed E-state index contributed by atoms with van der Waals surface area (Å²) in [4.78, 5) is 26.0. The van der Waals surface area contributed by atoms with Crippen LogP contribution in [0, 0.1) is 0 Å². The second-order valence-corrected chi connectivity index (χ2v) is 5.34. The quantitative estimate of drug-likeness (QED) is 0.420. The Morgan fingerprint density at radius 2 is 1.33 bits per heavy atom. The van der Waals surface area contributed by atoms with Crippen molar-refractivity contribution in [3.8, 4) is 0 Å². The first-order valence-corrected chi connectivity index (χ1v) is 6.78. The van der Waals surface area contributed by atoms with Crippen molar-refractivity contribution in [1.29, 1.82) is 0 Å². The van der Waals surface area contributed by atoms with Gasteiger partial charge in [0.1, 0.15) is 0 Å². The molecule has 0 heterocycles. The Kier molecular flexibility index (Phi) is 6.65. The summed E-state index contributed by atoms with van der Waals surface area (Å²) in [6, 6.07) is 0.194. The molecule has 0 aliphatic rings. The van der Waals surface area contributed by atoms with E-state index in [0.717, 1.165) is 19.3 Å². The monoisotopic (exact) mass is 192 g/mol. The van der Waals surface area contributed by atoms with Gasteiger partial charge in [-0.15, -0.1) is 0 Å². The molecule has 0 spiro atoms. The first-order chi connectivity index (χ1) is 5.56. The number of hydrogen-bond donors (Lipinski definition) is 3. The third-order valence-electron chi connectivity index (χ3n) is 1.87. The molecule has 0 aromatic carbocycles. The Balaban J connectivity index is 3.01. The van der Waals surface area contributed by atoms with Gasteiger partial charge in [-0.05, 0) is 6.42 Å². The van der Waals surface area contributed by atoms with Gasteiger partial charge >= 0.3 is 8.80 Å². The summed E-state index contributed by atoms with van der Waals surface area (Å²) < 4.78 is 0. The predicted octanol–water partition coefficient (Wildman–Crippen LogP) is 1.26. The molecular formula is C8H20O3Si. The van der Waals surface area contributed by atoms with Crippen molar-refractivity contribution in [2.75, 3.05) is 0 Å². The topological polar surface area (TPSA) is 60.7 Å². The summed E-state index contributed by atoms with van der Waals surface area (Å²) >= 11 is 0. The minimum Gasteiger partial charge on any atom is -0.390 e. The Morgan fingerprint density at radius 3 is 1.83 bits per heavy atom. The molecule has 0 aromatic rings. The maximum absolute atomic E-state index is 8.67. The van der Waals surface area contributed by atoms with E-state index in [9.17, 15) is 0 Å². The van der Waals surface area contributed by atoms with Crippen molar-refractivity contribution in [2.45, 2.75) is 51.5 Å². The Bertz CT molecular complexity index is 101. The highest BCUT2D eigenvalue weighted by atomic mass is 28.4. The highest BCUT2D eigenvalue weighted by molar-refractivity contribution is 6.56. The molecule has 0 unspecified atom stereocenters. The summed E-state index contributed by atoms with van der Waals surface area (Å²) in [7, 11) is -3.73. The molecule has 0 aliphatic heterocycles. The van der Waals surface area contributed by atoms with E-state index >= 15 is 0 Å². The van der Waals surface area contributed by atoms with Crippen LogP contribution in [0.25, 0.3) is 0 Å². The molecule has 4 heteroatoms. The maximum atomic E-state index is 8.67. The predicted molar refractivity (Wildman–Crippen MR) is 50.6 cm³/mol. The zero-order valence-electron chi connectivity index (χ0n) is 7.79. The lowest BCUT2D eigenvalue weighted by atomic mass is 10.1. The zero-order chi connectivity index (χ0) is 9.45. The number of unbranched alkanes of at least 4 members (excludes halogenated alkanes) is 5. The van der Waals surface area contributed by atoms with Crippen LogP contribution in [0.3, 0.4) is 0 Å². The molecule has 12 heavy (non-hydrogen) atoms. The molecule has 0 saturated carbocycles. The van der Waals surface area contributed by atoms with Crippen molar-refractivity contribution < 1.29 is 14.4 Å². The molecule has 0 amide bonds. The van der Waals surface area contributed by atoms with Crippen molar-refractivity contribution in [1.82, 2.24) is 0 Å². The van der Waals surface area contributed by atoms with E-state index in [2.05, 4.69) is 6.92 Å². The standard InChI is InChI=1S/C8H20O3Si/c1-2-3-4-5-6-7-8-12(9,10)11/h9-11H,2-8H2,1H3. The third-order valence-corrected chi connectivity index (χ3v) is 2.89. The lowest BCUT2D eigenvalue weighted by molar-refractivity contribution is 0.226. The first kappa shape index (κ1) is 12.1. The van der Waals surface area contributed by atoms with Crippen LogP contribution < -0.4 is 0 Å². The van der Waals surface area contributed by atoms with Gasteiger partial charge in [0.2, 0.25) is 0 Å². The summed E-state index contributed by atoms with van der Waals surface area (Å²) in [5.74, 6) is 0.